The van der Waals surface area contributed by atoms with Gasteiger partial charge in [-0.05, 0) is 43.2 Å². The number of rotatable bonds is 1. The van der Waals surface area contributed by atoms with Gasteiger partial charge >= 0.3 is 0 Å². The fourth-order valence-electron chi connectivity index (χ4n) is 1.81. The van der Waals surface area contributed by atoms with E-state index in [1.165, 1.54) is 11.1 Å². The summed E-state index contributed by atoms with van der Waals surface area (Å²) in [5.41, 5.74) is 5.58. The Hall–Kier alpha value is -2.03. The van der Waals surface area contributed by atoms with Crippen molar-refractivity contribution < 1.29 is 4.42 Å². The van der Waals surface area contributed by atoms with Gasteiger partial charge in [0.25, 0.3) is 0 Å². The maximum Gasteiger partial charge on any atom is 0.141 e. The number of H-pyrrole nitrogens is 1. The van der Waals surface area contributed by atoms with E-state index in [-0.39, 0.29) is 0 Å². The number of benzene rings is 1. The zero-order chi connectivity index (χ0) is 11.1. The van der Waals surface area contributed by atoms with E-state index < -0.39 is 0 Å². The van der Waals surface area contributed by atoms with E-state index in [9.17, 15) is 0 Å². The van der Waals surface area contributed by atoms with Gasteiger partial charge in [0.2, 0.25) is 0 Å². The molecule has 0 saturated heterocycles. The van der Waals surface area contributed by atoms with Gasteiger partial charge in [-0.3, -0.25) is 0 Å². The Balaban J connectivity index is 2.23. The molecule has 0 saturated carbocycles. The van der Waals surface area contributed by atoms with Gasteiger partial charge in [-0.2, -0.15) is 0 Å². The highest BCUT2D eigenvalue weighted by atomic mass is 16.3. The summed E-state index contributed by atoms with van der Waals surface area (Å²) >= 11 is 0. The van der Waals surface area contributed by atoms with E-state index in [1.807, 2.05) is 6.07 Å². The van der Waals surface area contributed by atoms with Gasteiger partial charge in [0.05, 0.1) is 22.9 Å². The molecule has 2 heterocycles. The number of nitrogens with zero attached hydrogens (tertiary/aromatic N) is 1. The molecule has 3 nitrogen and oxygen atoms in total. The van der Waals surface area contributed by atoms with E-state index in [0.717, 1.165) is 22.4 Å². The number of fused-ring (bicyclic) bond motifs is 1. The third kappa shape index (κ3) is 1.33. The molecular formula is C13H12N2O. The molecule has 0 amide bonds. The molecule has 0 aliphatic rings. The van der Waals surface area contributed by atoms with E-state index in [2.05, 4.69) is 35.9 Å². The SMILES string of the molecule is Cc1cc2nc(-c3ccoc3)[nH]c2cc1C. The number of aromatic amines is 1. The molecule has 3 rings (SSSR count). The number of aromatic nitrogens is 2. The lowest BCUT2D eigenvalue weighted by molar-refractivity contribution is 0.568. The molecule has 1 aromatic carbocycles. The van der Waals surface area contributed by atoms with Crippen LogP contribution in [0.3, 0.4) is 0 Å². The summed E-state index contributed by atoms with van der Waals surface area (Å²) in [5.74, 6) is 0.855. The van der Waals surface area contributed by atoms with Gasteiger partial charge in [-0.25, -0.2) is 4.98 Å². The third-order valence-corrected chi connectivity index (χ3v) is 2.89. The Kier molecular flexibility index (Phi) is 1.86. The first-order valence-corrected chi connectivity index (χ1v) is 5.23. The van der Waals surface area contributed by atoms with Crippen LogP contribution < -0.4 is 0 Å². The number of hydrogen-bond donors (Lipinski definition) is 1. The summed E-state index contributed by atoms with van der Waals surface area (Å²) in [4.78, 5) is 7.84. The largest absolute Gasteiger partial charge is 0.472 e. The van der Waals surface area contributed by atoms with Crippen LogP contribution in [0.25, 0.3) is 22.4 Å². The van der Waals surface area contributed by atoms with Crippen LogP contribution >= 0.6 is 0 Å². The van der Waals surface area contributed by atoms with Crippen molar-refractivity contribution in [2.75, 3.05) is 0 Å². The van der Waals surface area contributed by atoms with Crippen LogP contribution in [-0.4, -0.2) is 9.97 Å². The summed E-state index contributed by atoms with van der Waals surface area (Å²) in [6.45, 7) is 4.20. The quantitative estimate of drug-likeness (QED) is 0.671. The predicted octanol–water partition coefficient (Wildman–Crippen LogP) is 3.44. The van der Waals surface area contributed by atoms with E-state index >= 15 is 0 Å². The van der Waals surface area contributed by atoms with Crippen LogP contribution in [0, 0.1) is 13.8 Å². The van der Waals surface area contributed by atoms with Gasteiger partial charge < -0.3 is 9.40 Å². The fourth-order valence-corrected chi connectivity index (χ4v) is 1.81. The normalized spacial score (nSPS) is 11.1. The second-order valence-corrected chi connectivity index (χ2v) is 4.05. The molecule has 80 valence electrons. The van der Waals surface area contributed by atoms with Crippen molar-refractivity contribution in [3.05, 3.63) is 41.9 Å². The minimum atomic E-state index is 0.855. The first-order valence-electron chi connectivity index (χ1n) is 5.23. The lowest BCUT2D eigenvalue weighted by atomic mass is 10.1. The average molecular weight is 212 g/mol. The van der Waals surface area contributed by atoms with Gasteiger partial charge in [-0.1, -0.05) is 0 Å². The van der Waals surface area contributed by atoms with Crippen molar-refractivity contribution in [1.82, 2.24) is 9.97 Å². The predicted molar refractivity (Wildman–Crippen MR) is 63.3 cm³/mol. The first-order chi connectivity index (χ1) is 7.74. The molecule has 0 aliphatic heterocycles. The summed E-state index contributed by atoms with van der Waals surface area (Å²) in [5, 5.41) is 0. The number of aryl methyl sites for hydroxylation is 2. The number of furan rings is 1. The summed E-state index contributed by atoms with van der Waals surface area (Å²) in [6, 6.07) is 6.13. The molecule has 3 aromatic rings. The van der Waals surface area contributed by atoms with Crippen LogP contribution in [0.1, 0.15) is 11.1 Å². The third-order valence-electron chi connectivity index (χ3n) is 2.89. The number of imidazole rings is 1. The highest BCUT2D eigenvalue weighted by molar-refractivity contribution is 5.80. The second kappa shape index (κ2) is 3.23. The standard InChI is InChI=1S/C13H12N2O/c1-8-5-11-12(6-9(8)2)15-13(14-11)10-3-4-16-7-10/h3-7H,1-2H3,(H,14,15). The van der Waals surface area contributed by atoms with Gasteiger partial charge in [0, 0.05) is 0 Å². The van der Waals surface area contributed by atoms with Crippen LogP contribution in [0.5, 0.6) is 0 Å². The fraction of sp³-hybridized carbons (Fsp3) is 0.154. The zero-order valence-corrected chi connectivity index (χ0v) is 9.24. The smallest absolute Gasteiger partial charge is 0.141 e. The molecule has 16 heavy (non-hydrogen) atoms. The molecule has 0 bridgehead atoms. The molecule has 0 atom stereocenters. The maximum absolute atomic E-state index is 5.05. The van der Waals surface area contributed by atoms with Crippen LogP contribution in [-0.2, 0) is 0 Å². The molecule has 0 radical (unpaired) electrons. The monoisotopic (exact) mass is 212 g/mol. The minimum absolute atomic E-state index is 0.855. The molecule has 2 aromatic heterocycles. The van der Waals surface area contributed by atoms with E-state index in [4.69, 9.17) is 4.42 Å². The Bertz CT molecular complexity index is 596. The van der Waals surface area contributed by atoms with Crippen molar-refractivity contribution in [3.8, 4) is 11.4 Å². The Labute approximate surface area is 93.1 Å². The topological polar surface area (TPSA) is 41.8 Å². The molecule has 3 heteroatoms. The highest BCUT2D eigenvalue weighted by Gasteiger charge is 2.07. The highest BCUT2D eigenvalue weighted by Crippen LogP contribution is 2.22. The zero-order valence-electron chi connectivity index (χ0n) is 9.24. The van der Waals surface area contributed by atoms with Gasteiger partial charge in [-0.15, -0.1) is 0 Å². The van der Waals surface area contributed by atoms with Crippen molar-refractivity contribution in [2.24, 2.45) is 0 Å². The Morgan fingerprint density at radius 1 is 1.19 bits per heavy atom. The molecule has 1 N–H and O–H groups in total. The molecule has 0 spiro atoms. The van der Waals surface area contributed by atoms with E-state index in [0.29, 0.717) is 0 Å². The van der Waals surface area contributed by atoms with Crippen molar-refractivity contribution >= 4 is 11.0 Å². The van der Waals surface area contributed by atoms with Crippen LogP contribution in [0.2, 0.25) is 0 Å². The average Bonchev–Trinajstić information content (AvgIpc) is 2.86. The van der Waals surface area contributed by atoms with E-state index in [1.54, 1.807) is 12.5 Å². The summed E-state index contributed by atoms with van der Waals surface area (Å²) < 4.78 is 5.05. The molecule has 0 unspecified atom stereocenters. The summed E-state index contributed by atoms with van der Waals surface area (Å²) in [7, 11) is 0. The van der Waals surface area contributed by atoms with Crippen molar-refractivity contribution in [1.29, 1.82) is 0 Å². The second-order valence-electron chi connectivity index (χ2n) is 4.05. The van der Waals surface area contributed by atoms with Crippen molar-refractivity contribution in [3.63, 3.8) is 0 Å². The Morgan fingerprint density at radius 3 is 2.75 bits per heavy atom. The van der Waals surface area contributed by atoms with Crippen molar-refractivity contribution in [2.45, 2.75) is 13.8 Å². The Morgan fingerprint density at radius 2 is 2.00 bits per heavy atom. The minimum Gasteiger partial charge on any atom is -0.472 e. The molecular weight excluding hydrogens is 200 g/mol. The number of nitrogens with one attached hydrogen (secondary N) is 1. The van der Waals surface area contributed by atoms with Crippen LogP contribution in [0.15, 0.2) is 35.1 Å². The van der Waals surface area contributed by atoms with Gasteiger partial charge in [0.1, 0.15) is 12.1 Å². The molecule has 0 aliphatic carbocycles. The molecule has 0 fully saturated rings. The number of hydrogen-bond acceptors (Lipinski definition) is 2. The maximum atomic E-state index is 5.05. The van der Waals surface area contributed by atoms with Crippen LogP contribution in [0.4, 0.5) is 0 Å². The lowest BCUT2D eigenvalue weighted by Crippen LogP contribution is -1.79. The lowest BCUT2D eigenvalue weighted by Gasteiger charge is -1.97. The first kappa shape index (κ1) is 9.21. The summed E-state index contributed by atoms with van der Waals surface area (Å²) in [6.07, 6.45) is 3.34. The van der Waals surface area contributed by atoms with Gasteiger partial charge in [0.15, 0.2) is 0 Å².